The normalized spacial score (nSPS) is 15.1. The molecule has 2 aliphatic rings. The van der Waals surface area contributed by atoms with Crippen molar-refractivity contribution in [2.75, 3.05) is 55.4 Å². The second-order valence-electron chi connectivity index (χ2n) is 6.40. The van der Waals surface area contributed by atoms with Gasteiger partial charge in [0.05, 0.1) is 18.9 Å². The molecular formula is C17H23N9O4. The van der Waals surface area contributed by atoms with Crippen LogP contribution in [0.3, 0.4) is 0 Å². The minimum Gasteiger partial charge on any atom is -0.465 e. The molecule has 2 aromatic heterocycles. The van der Waals surface area contributed by atoms with Crippen LogP contribution in [0, 0.1) is 0 Å². The van der Waals surface area contributed by atoms with Crippen LogP contribution in [-0.2, 0) is 11.2 Å². The first-order chi connectivity index (χ1) is 14.4. The Balaban J connectivity index is 0.000000461. The van der Waals surface area contributed by atoms with Crippen molar-refractivity contribution < 1.29 is 19.4 Å². The fourth-order valence-electron chi connectivity index (χ4n) is 3.03. The van der Waals surface area contributed by atoms with Gasteiger partial charge >= 0.3 is 12.1 Å². The Labute approximate surface area is 172 Å². The topological polar surface area (TPSA) is 186 Å². The fourth-order valence-corrected chi connectivity index (χ4v) is 3.03. The molecule has 2 aromatic rings. The SMILES string of the molecule is CNC(N)=O.Nc1ncc(-c2nc(N3CCOCC3)nc3c2CCN3C(=O)O)cn1. The van der Waals surface area contributed by atoms with E-state index in [9.17, 15) is 14.7 Å². The number of carbonyl (C=O) groups is 2. The lowest BCUT2D eigenvalue weighted by Crippen LogP contribution is -2.38. The quantitative estimate of drug-likeness (QED) is 0.504. The lowest BCUT2D eigenvalue weighted by atomic mass is 10.1. The van der Waals surface area contributed by atoms with Crippen LogP contribution >= 0.6 is 0 Å². The van der Waals surface area contributed by atoms with Crippen LogP contribution in [0.25, 0.3) is 11.3 Å². The molecule has 0 atom stereocenters. The molecule has 4 rings (SSSR count). The number of fused-ring (bicyclic) bond motifs is 1. The zero-order valence-corrected chi connectivity index (χ0v) is 16.4. The van der Waals surface area contributed by atoms with Crippen molar-refractivity contribution in [3.8, 4) is 11.3 Å². The molecule has 13 nitrogen and oxygen atoms in total. The van der Waals surface area contributed by atoms with E-state index in [1.54, 1.807) is 12.4 Å². The van der Waals surface area contributed by atoms with Crippen molar-refractivity contribution in [3.63, 3.8) is 0 Å². The molecule has 4 heterocycles. The van der Waals surface area contributed by atoms with Crippen molar-refractivity contribution in [1.29, 1.82) is 0 Å². The van der Waals surface area contributed by atoms with Gasteiger partial charge in [-0.05, 0) is 6.42 Å². The van der Waals surface area contributed by atoms with Crippen LogP contribution in [0.5, 0.6) is 0 Å². The number of ether oxygens (including phenoxy) is 1. The van der Waals surface area contributed by atoms with Crippen LogP contribution in [0.1, 0.15) is 5.56 Å². The molecule has 13 heteroatoms. The molecule has 160 valence electrons. The third-order valence-corrected chi connectivity index (χ3v) is 4.53. The molecule has 0 spiro atoms. The maximum absolute atomic E-state index is 11.5. The summed E-state index contributed by atoms with van der Waals surface area (Å²) in [5.41, 5.74) is 12.2. The fraction of sp³-hybridized carbons (Fsp3) is 0.412. The summed E-state index contributed by atoms with van der Waals surface area (Å²) in [5, 5.41) is 11.6. The molecule has 0 saturated carbocycles. The Morgan fingerprint density at radius 1 is 1.17 bits per heavy atom. The van der Waals surface area contributed by atoms with E-state index in [-0.39, 0.29) is 5.95 Å². The molecule has 0 bridgehead atoms. The summed E-state index contributed by atoms with van der Waals surface area (Å²) < 4.78 is 5.37. The number of rotatable bonds is 2. The summed E-state index contributed by atoms with van der Waals surface area (Å²) in [6.45, 7) is 2.84. The summed E-state index contributed by atoms with van der Waals surface area (Å²) in [5.74, 6) is 1.09. The molecule has 3 amide bonds. The highest BCUT2D eigenvalue weighted by molar-refractivity contribution is 5.89. The number of nitrogen functional groups attached to an aromatic ring is 1. The molecule has 1 saturated heterocycles. The Bertz CT molecular complexity index is 916. The highest BCUT2D eigenvalue weighted by atomic mass is 16.5. The summed E-state index contributed by atoms with van der Waals surface area (Å²) in [7, 11) is 1.47. The van der Waals surface area contributed by atoms with Gasteiger partial charge in [0.25, 0.3) is 0 Å². The number of primary amides is 1. The van der Waals surface area contributed by atoms with Crippen molar-refractivity contribution in [1.82, 2.24) is 25.3 Å². The predicted octanol–water partition coefficient (Wildman–Crippen LogP) is -0.323. The van der Waals surface area contributed by atoms with Gasteiger partial charge in [-0.25, -0.2) is 24.5 Å². The molecule has 0 radical (unpaired) electrons. The van der Waals surface area contributed by atoms with Crippen LogP contribution < -0.4 is 26.6 Å². The van der Waals surface area contributed by atoms with E-state index in [0.717, 1.165) is 5.56 Å². The molecule has 0 aromatic carbocycles. The predicted molar refractivity (Wildman–Crippen MR) is 108 cm³/mol. The van der Waals surface area contributed by atoms with Gasteiger partial charge in [-0.2, -0.15) is 4.98 Å². The van der Waals surface area contributed by atoms with Crippen molar-refractivity contribution in [2.45, 2.75) is 6.42 Å². The third kappa shape index (κ3) is 4.63. The van der Waals surface area contributed by atoms with Gasteiger partial charge in [-0.1, -0.05) is 0 Å². The van der Waals surface area contributed by atoms with Gasteiger partial charge in [0, 0.05) is 50.2 Å². The number of morpholine rings is 1. The van der Waals surface area contributed by atoms with Gasteiger partial charge in [-0.3, -0.25) is 4.90 Å². The molecule has 6 N–H and O–H groups in total. The van der Waals surface area contributed by atoms with Crippen molar-refractivity contribution in [2.24, 2.45) is 5.73 Å². The number of amides is 3. The average molecular weight is 417 g/mol. The van der Waals surface area contributed by atoms with Gasteiger partial charge in [0.1, 0.15) is 5.82 Å². The monoisotopic (exact) mass is 417 g/mol. The molecule has 0 unspecified atom stereocenters. The second-order valence-corrected chi connectivity index (χ2v) is 6.40. The zero-order chi connectivity index (χ0) is 21.7. The van der Waals surface area contributed by atoms with Crippen LogP contribution in [-0.4, -0.2) is 77.1 Å². The lowest BCUT2D eigenvalue weighted by molar-refractivity contribution is 0.122. The number of hydrogen-bond donors (Lipinski definition) is 4. The highest BCUT2D eigenvalue weighted by Crippen LogP contribution is 2.35. The summed E-state index contributed by atoms with van der Waals surface area (Å²) in [6, 6.07) is -0.495. The van der Waals surface area contributed by atoms with E-state index in [2.05, 4.69) is 31.0 Å². The number of anilines is 3. The largest absolute Gasteiger partial charge is 0.465 e. The first-order valence-electron chi connectivity index (χ1n) is 9.20. The smallest absolute Gasteiger partial charge is 0.413 e. The maximum Gasteiger partial charge on any atom is 0.413 e. The van der Waals surface area contributed by atoms with Crippen LogP contribution in [0.15, 0.2) is 12.4 Å². The van der Waals surface area contributed by atoms with Crippen LogP contribution in [0.2, 0.25) is 0 Å². The second kappa shape index (κ2) is 9.17. The highest BCUT2D eigenvalue weighted by Gasteiger charge is 2.31. The number of nitrogens with two attached hydrogens (primary N) is 2. The van der Waals surface area contributed by atoms with Crippen molar-refractivity contribution in [3.05, 3.63) is 18.0 Å². The molecular weight excluding hydrogens is 394 g/mol. The molecule has 30 heavy (non-hydrogen) atoms. The van der Waals surface area contributed by atoms with Crippen molar-refractivity contribution >= 4 is 29.8 Å². The Kier molecular flexibility index (Phi) is 6.41. The minimum atomic E-state index is -1.02. The van der Waals surface area contributed by atoms with E-state index in [4.69, 9.17) is 10.5 Å². The van der Waals surface area contributed by atoms with Crippen LogP contribution in [0.4, 0.5) is 27.3 Å². The van der Waals surface area contributed by atoms with E-state index in [1.165, 1.54) is 11.9 Å². The van der Waals surface area contributed by atoms with Gasteiger partial charge in [0.15, 0.2) is 0 Å². The van der Waals surface area contributed by atoms with Gasteiger partial charge < -0.3 is 31.5 Å². The number of hydrogen-bond acceptors (Lipinski definition) is 9. The summed E-state index contributed by atoms with van der Waals surface area (Å²) >= 11 is 0. The number of nitrogens with zero attached hydrogens (tertiary/aromatic N) is 6. The number of nitrogens with one attached hydrogen (secondary N) is 1. The van der Waals surface area contributed by atoms with E-state index < -0.39 is 12.1 Å². The van der Waals surface area contributed by atoms with Gasteiger partial charge in [-0.15, -0.1) is 0 Å². The zero-order valence-electron chi connectivity index (χ0n) is 16.4. The van der Waals surface area contributed by atoms with E-state index in [0.29, 0.717) is 62.3 Å². The van der Waals surface area contributed by atoms with E-state index in [1.807, 2.05) is 4.90 Å². The maximum atomic E-state index is 11.5. The first kappa shape index (κ1) is 21.0. The van der Waals surface area contributed by atoms with E-state index >= 15 is 0 Å². The van der Waals surface area contributed by atoms with Gasteiger partial charge in [0.2, 0.25) is 11.9 Å². The Morgan fingerprint density at radius 2 is 1.80 bits per heavy atom. The summed E-state index contributed by atoms with van der Waals surface area (Å²) in [4.78, 5) is 41.5. The molecule has 0 aliphatic carbocycles. The standard InChI is InChI=1S/C15H17N7O3.C2H6N2O/c16-13-17-7-9(8-18-13)11-10-1-2-22(15(23)24)12(10)20-14(19-11)21-3-5-25-6-4-21;1-4-2(3)5/h7-8H,1-6H2,(H,23,24)(H2,16,17,18);1H3,(H3,3,4,5). The lowest BCUT2D eigenvalue weighted by Gasteiger charge is -2.28. The number of urea groups is 1. The first-order valence-corrected chi connectivity index (χ1v) is 9.20. The summed E-state index contributed by atoms with van der Waals surface area (Å²) in [6.07, 6.45) is 2.71. The average Bonchev–Trinajstić information content (AvgIpc) is 3.19. The number of aromatic nitrogens is 4. The Hall–Kier alpha value is -3.74. The number of carbonyl (C=O) groups excluding carboxylic acids is 1. The Morgan fingerprint density at radius 3 is 2.37 bits per heavy atom. The minimum absolute atomic E-state index is 0.176. The molecule has 2 aliphatic heterocycles. The number of carboxylic acid groups (broad SMARTS) is 1. The third-order valence-electron chi connectivity index (χ3n) is 4.53. The molecule has 1 fully saturated rings.